The fourth-order valence-corrected chi connectivity index (χ4v) is 2.93. The molecule has 1 spiro atoms. The van der Waals surface area contributed by atoms with Gasteiger partial charge in [0.15, 0.2) is 5.79 Å². The van der Waals surface area contributed by atoms with Gasteiger partial charge in [0.1, 0.15) is 0 Å². The number of rotatable bonds is 0. The monoisotopic (exact) mass is 240 g/mol. The van der Waals surface area contributed by atoms with Crippen LogP contribution in [0.5, 0.6) is 0 Å². The van der Waals surface area contributed by atoms with E-state index in [1.807, 2.05) is 9.80 Å². The summed E-state index contributed by atoms with van der Waals surface area (Å²) >= 11 is 0. The standard InChI is InChI=1S/C12H20N2O3/c15-11(13-5-1-2-6-13)14-7-3-12(4-8-14)16-9-10-17-12/h1-10H2. The minimum Gasteiger partial charge on any atom is -0.347 e. The van der Waals surface area contributed by atoms with Crippen LogP contribution in [0.3, 0.4) is 0 Å². The van der Waals surface area contributed by atoms with Crippen molar-refractivity contribution < 1.29 is 14.3 Å². The number of carbonyl (C=O) groups is 1. The van der Waals surface area contributed by atoms with E-state index in [0.29, 0.717) is 13.2 Å². The first-order chi connectivity index (χ1) is 8.29. The molecule has 0 aromatic heterocycles. The number of piperidine rings is 1. The average molecular weight is 240 g/mol. The first kappa shape index (κ1) is 11.3. The summed E-state index contributed by atoms with van der Waals surface area (Å²) in [5, 5.41) is 0. The Bertz CT molecular complexity index is 286. The van der Waals surface area contributed by atoms with Gasteiger partial charge in [-0.2, -0.15) is 0 Å². The maximum Gasteiger partial charge on any atom is 0.320 e. The van der Waals surface area contributed by atoms with Gasteiger partial charge in [-0.15, -0.1) is 0 Å². The van der Waals surface area contributed by atoms with E-state index < -0.39 is 0 Å². The lowest BCUT2D eigenvalue weighted by molar-refractivity contribution is -0.181. The molecule has 0 aliphatic carbocycles. The van der Waals surface area contributed by atoms with Crippen molar-refractivity contribution in [1.29, 1.82) is 0 Å². The van der Waals surface area contributed by atoms with E-state index in [1.165, 1.54) is 0 Å². The van der Waals surface area contributed by atoms with Crippen molar-refractivity contribution in [2.75, 3.05) is 39.4 Å². The number of urea groups is 1. The summed E-state index contributed by atoms with van der Waals surface area (Å²) in [6, 6.07) is 0.204. The van der Waals surface area contributed by atoms with Crippen LogP contribution in [0.25, 0.3) is 0 Å². The Balaban J connectivity index is 1.55. The molecule has 3 aliphatic rings. The van der Waals surface area contributed by atoms with E-state index in [-0.39, 0.29) is 11.8 Å². The van der Waals surface area contributed by atoms with Gasteiger partial charge in [-0.25, -0.2) is 4.79 Å². The lowest BCUT2D eigenvalue weighted by Gasteiger charge is -2.38. The number of ether oxygens (including phenoxy) is 2. The quantitative estimate of drug-likeness (QED) is 0.635. The second kappa shape index (κ2) is 4.46. The molecule has 0 unspecified atom stereocenters. The zero-order valence-corrected chi connectivity index (χ0v) is 10.2. The third kappa shape index (κ3) is 2.13. The minimum atomic E-state index is -0.373. The minimum absolute atomic E-state index is 0.204. The molecule has 0 aromatic rings. The molecule has 3 fully saturated rings. The Morgan fingerprint density at radius 3 is 2.00 bits per heavy atom. The topological polar surface area (TPSA) is 42.0 Å². The first-order valence-electron chi connectivity index (χ1n) is 6.61. The van der Waals surface area contributed by atoms with E-state index in [1.54, 1.807) is 0 Å². The fraction of sp³-hybridized carbons (Fsp3) is 0.917. The number of likely N-dealkylation sites (tertiary alicyclic amines) is 2. The highest BCUT2D eigenvalue weighted by molar-refractivity contribution is 5.74. The Kier molecular flexibility index (Phi) is 2.96. The summed E-state index contributed by atoms with van der Waals surface area (Å²) in [6.45, 7) is 4.76. The van der Waals surface area contributed by atoms with Gasteiger partial charge in [-0.05, 0) is 12.8 Å². The third-order valence-corrected chi connectivity index (χ3v) is 3.99. The molecular weight excluding hydrogens is 220 g/mol. The highest BCUT2D eigenvalue weighted by atomic mass is 16.7. The van der Waals surface area contributed by atoms with Crippen LogP contribution in [-0.2, 0) is 9.47 Å². The Labute approximate surface area is 102 Å². The van der Waals surface area contributed by atoms with Crippen molar-refractivity contribution >= 4 is 6.03 Å². The Hall–Kier alpha value is -0.810. The predicted octanol–water partition coefficient (Wildman–Crippen LogP) is 1.04. The predicted molar refractivity (Wildman–Crippen MR) is 61.6 cm³/mol. The van der Waals surface area contributed by atoms with E-state index in [2.05, 4.69) is 0 Å². The second-order valence-electron chi connectivity index (χ2n) is 5.07. The molecule has 0 radical (unpaired) electrons. The van der Waals surface area contributed by atoms with Gasteiger partial charge in [-0.3, -0.25) is 0 Å². The van der Waals surface area contributed by atoms with Crippen molar-refractivity contribution in [2.24, 2.45) is 0 Å². The summed E-state index contributed by atoms with van der Waals surface area (Å²) in [4.78, 5) is 16.1. The van der Waals surface area contributed by atoms with Crippen molar-refractivity contribution in [3.8, 4) is 0 Å². The van der Waals surface area contributed by atoms with E-state index in [0.717, 1.165) is 51.9 Å². The van der Waals surface area contributed by atoms with Crippen LogP contribution < -0.4 is 0 Å². The highest BCUT2D eigenvalue weighted by Crippen LogP contribution is 2.31. The highest BCUT2D eigenvalue weighted by Gasteiger charge is 2.41. The molecule has 0 bridgehead atoms. The summed E-state index contributed by atoms with van der Waals surface area (Å²) in [7, 11) is 0. The largest absolute Gasteiger partial charge is 0.347 e. The molecule has 17 heavy (non-hydrogen) atoms. The van der Waals surface area contributed by atoms with Crippen molar-refractivity contribution in [3.05, 3.63) is 0 Å². The first-order valence-corrected chi connectivity index (χ1v) is 6.61. The van der Waals surface area contributed by atoms with Crippen LogP contribution in [0.2, 0.25) is 0 Å². The van der Waals surface area contributed by atoms with Gasteiger partial charge in [0.25, 0.3) is 0 Å². The second-order valence-corrected chi connectivity index (χ2v) is 5.07. The average Bonchev–Trinajstić information content (AvgIpc) is 3.01. The van der Waals surface area contributed by atoms with Gasteiger partial charge < -0.3 is 19.3 Å². The number of hydrogen-bond donors (Lipinski definition) is 0. The molecular formula is C12H20N2O3. The Morgan fingerprint density at radius 2 is 1.41 bits per heavy atom. The molecule has 0 aromatic carbocycles. The molecule has 96 valence electrons. The van der Waals surface area contributed by atoms with Crippen LogP contribution in [0.15, 0.2) is 0 Å². The number of amides is 2. The maximum absolute atomic E-state index is 12.2. The number of carbonyl (C=O) groups excluding carboxylic acids is 1. The summed E-state index contributed by atoms with van der Waals surface area (Å²) in [6.07, 6.45) is 3.92. The zero-order chi connectivity index (χ0) is 11.7. The number of nitrogens with zero attached hydrogens (tertiary/aromatic N) is 2. The summed E-state index contributed by atoms with van der Waals surface area (Å²) < 4.78 is 11.3. The van der Waals surface area contributed by atoms with Crippen LogP contribution in [0.4, 0.5) is 4.79 Å². The molecule has 2 amide bonds. The van der Waals surface area contributed by atoms with Crippen molar-refractivity contribution in [2.45, 2.75) is 31.5 Å². The van der Waals surface area contributed by atoms with Crippen LogP contribution >= 0.6 is 0 Å². The van der Waals surface area contributed by atoms with Gasteiger partial charge in [0.2, 0.25) is 0 Å². The zero-order valence-electron chi connectivity index (χ0n) is 10.2. The summed E-state index contributed by atoms with van der Waals surface area (Å²) in [5.74, 6) is -0.373. The van der Waals surface area contributed by atoms with Gasteiger partial charge in [0, 0.05) is 39.0 Å². The van der Waals surface area contributed by atoms with Gasteiger partial charge in [0.05, 0.1) is 13.2 Å². The molecule has 0 atom stereocenters. The fourth-order valence-electron chi connectivity index (χ4n) is 2.93. The maximum atomic E-state index is 12.2. The molecule has 5 heteroatoms. The lowest BCUT2D eigenvalue weighted by Crippen LogP contribution is -2.50. The summed E-state index contributed by atoms with van der Waals surface area (Å²) in [5.41, 5.74) is 0. The number of hydrogen-bond acceptors (Lipinski definition) is 3. The van der Waals surface area contributed by atoms with Crippen molar-refractivity contribution in [3.63, 3.8) is 0 Å². The molecule has 3 heterocycles. The third-order valence-electron chi connectivity index (χ3n) is 3.99. The van der Waals surface area contributed by atoms with E-state index >= 15 is 0 Å². The van der Waals surface area contributed by atoms with E-state index in [4.69, 9.17) is 9.47 Å². The van der Waals surface area contributed by atoms with Crippen LogP contribution in [0, 0.1) is 0 Å². The van der Waals surface area contributed by atoms with Gasteiger partial charge >= 0.3 is 6.03 Å². The van der Waals surface area contributed by atoms with E-state index in [9.17, 15) is 4.79 Å². The van der Waals surface area contributed by atoms with Crippen LogP contribution in [0.1, 0.15) is 25.7 Å². The Morgan fingerprint density at radius 1 is 0.882 bits per heavy atom. The smallest absolute Gasteiger partial charge is 0.320 e. The van der Waals surface area contributed by atoms with Crippen LogP contribution in [-0.4, -0.2) is 61.0 Å². The molecule has 3 saturated heterocycles. The SMILES string of the molecule is O=C(N1CCCC1)N1CCC2(CC1)OCCO2. The lowest BCUT2D eigenvalue weighted by atomic mass is 10.0. The van der Waals surface area contributed by atoms with Crippen molar-refractivity contribution in [1.82, 2.24) is 9.80 Å². The molecule has 3 aliphatic heterocycles. The molecule has 0 N–H and O–H groups in total. The van der Waals surface area contributed by atoms with Gasteiger partial charge in [-0.1, -0.05) is 0 Å². The normalized spacial score (nSPS) is 28.0. The molecule has 0 saturated carbocycles. The molecule has 5 nitrogen and oxygen atoms in total. The molecule has 3 rings (SSSR count).